The van der Waals surface area contributed by atoms with E-state index in [2.05, 4.69) is 41.1 Å². The summed E-state index contributed by atoms with van der Waals surface area (Å²) in [5.74, 6) is 0.527. The summed E-state index contributed by atoms with van der Waals surface area (Å²) in [5.41, 5.74) is 3.67. The van der Waals surface area contributed by atoms with Gasteiger partial charge in [0.25, 0.3) is 0 Å². The highest BCUT2D eigenvalue weighted by Crippen LogP contribution is 2.24. The van der Waals surface area contributed by atoms with E-state index in [0.29, 0.717) is 12.5 Å². The summed E-state index contributed by atoms with van der Waals surface area (Å²) in [5, 5.41) is 0. The molecule has 3 rings (SSSR count). The fraction of sp³-hybridized carbons (Fsp3) is 0.316. The van der Waals surface area contributed by atoms with Crippen molar-refractivity contribution in [2.24, 2.45) is 5.92 Å². The van der Waals surface area contributed by atoms with Crippen molar-refractivity contribution in [2.45, 2.75) is 20.0 Å². The van der Waals surface area contributed by atoms with Crippen molar-refractivity contribution >= 4 is 22.0 Å². The van der Waals surface area contributed by atoms with Gasteiger partial charge in [0.15, 0.2) is 0 Å². The van der Waals surface area contributed by atoms with Crippen LogP contribution in [0.5, 0.6) is 0 Å². The molecule has 4 heteroatoms. The van der Waals surface area contributed by atoms with Crippen LogP contribution in [-0.2, 0) is 17.8 Å². The first-order valence-corrected chi connectivity index (χ1v) is 8.62. The first-order valence-electron chi connectivity index (χ1n) is 7.82. The zero-order chi connectivity index (χ0) is 16.2. The Balaban J connectivity index is 1.44. The maximum Gasteiger partial charge on any atom is 0.410 e. The summed E-state index contributed by atoms with van der Waals surface area (Å²) in [6, 6.07) is 16.1. The second kappa shape index (κ2) is 7.18. The van der Waals surface area contributed by atoms with Gasteiger partial charge in [0.1, 0.15) is 6.61 Å². The highest BCUT2D eigenvalue weighted by molar-refractivity contribution is 9.10. The lowest BCUT2D eigenvalue weighted by atomic mass is 9.91. The monoisotopic (exact) mass is 373 g/mol. The summed E-state index contributed by atoms with van der Waals surface area (Å²) < 4.78 is 6.46. The molecule has 0 aromatic heterocycles. The molecule has 2 aromatic rings. The number of aryl methyl sites for hydroxylation is 1. The fourth-order valence-corrected chi connectivity index (χ4v) is 3.33. The molecule has 0 unspecified atom stereocenters. The van der Waals surface area contributed by atoms with Crippen LogP contribution < -0.4 is 0 Å². The lowest BCUT2D eigenvalue weighted by Crippen LogP contribution is -2.50. The lowest BCUT2D eigenvalue weighted by Gasteiger charge is -2.38. The molecule has 0 atom stereocenters. The highest BCUT2D eigenvalue weighted by Gasteiger charge is 2.31. The number of likely N-dealkylation sites (tertiary alicyclic amines) is 1. The summed E-state index contributed by atoms with van der Waals surface area (Å²) in [7, 11) is 0. The molecule has 0 saturated carbocycles. The van der Waals surface area contributed by atoms with Crippen LogP contribution in [0.4, 0.5) is 4.79 Å². The quantitative estimate of drug-likeness (QED) is 0.785. The standard InChI is InChI=1S/C19H20BrNO2/c1-14-9-18(20)8-7-17(14)10-16-11-21(12-16)19(22)23-13-15-5-3-2-4-6-15/h2-9,16H,10-13H2,1H3. The van der Waals surface area contributed by atoms with E-state index in [9.17, 15) is 4.79 Å². The van der Waals surface area contributed by atoms with Crippen LogP contribution >= 0.6 is 15.9 Å². The summed E-state index contributed by atoms with van der Waals surface area (Å²) in [4.78, 5) is 13.8. The van der Waals surface area contributed by atoms with Crippen LogP contribution in [0, 0.1) is 12.8 Å². The normalized spacial score (nSPS) is 14.4. The molecule has 0 radical (unpaired) electrons. The van der Waals surface area contributed by atoms with E-state index >= 15 is 0 Å². The minimum Gasteiger partial charge on any atom is -0.445 e. The molecule has 2 aromatic carbocycles. The summed E-state index contributed by atoms with van der Waals surface area (Å²) in [6.07, 6.45) is 0.805. The van der Waals surface area contributed by atoms with Crippen molar-refractivity contribution in [3.8, 4) is 0 Å². The average Bonchev–Trinajstić information content (AvgIpc) is 2.51. The smallest absolute Gasteiger partial charge is 0.410 e. The Morgan fingerprint density at radius 2 is 1.96 bits per heavy atom. The number of ether oxygens (including phenoxy) is 1. The summed E-state index contributed by atoms with van der Waals surface area (Å²) in [6.45, 7) is 4.03. The SMILES string of the molecule is Cc1cc(Br)ccc1CC1CN(C(=O)OCc2ccccc2)C1. The number of halogens is 1. The van der Waals surface area contributed by atoms with Crippen LogP contribution in [0.15, 0.2) is 53.0 Å². The van der Waals surface area contributed by atoms with Crippen molar-refractivity contribution < 1.29 is 9.53 Å². The number of hydrogen-bond donors (Lipinski definition) is 0. The minimum absolute atomic E-state index is 0.211. The third-order valence-corrected chi connectivity index (χ3v) is 4.73. The van der Waals surface area contributed by atoms with Gasteiger partial charge in [-0.3, -0.25) is 0 Å². The Morgan fingerprint density at radius 1 is 1.22 bits per heavy atom. The van der Waals surface area contributed by atoms with Crippen LogP contribution in [0.3, 0.4) is 0 Å². The molecule has 1 fully saturated rings. The number of carbonyl (C=O) groups is 1. The van der Waals surface area contributed by atoms with Gasteiger partial charge in [0.05, 0.1) is 0 Å². The molecule has 0 aliphatic carbocycles. The molecule has 1 aliphatic heterocycles. The first kappa shape index (κ1) is 16.1. The molecule has 1 saturated heterocycles. The van der Waals surface area contributed by atoms with E-state index in [1.165, 1.54) is 11.1 Å². The van der Waals surface area contributed by atoms with Crippen LogP contribution in [0.2, 0.25) is 0 Å². The van der Waals surface area contributed by atoms with Crippen molar-refractivity contribution in [1.29, 1.82) is 0 Å². The van der Waals surface area contributed by atoms with E-state index in [-0.39, 0.29) is 6.09 Å². The van der Waals surface area contributed by atoms with Crippen molar-refractivity contribution in [2.75, 3.05) is 13.1 Å². The number of nitrogens with zero attached hydrogens (tertiary/aromatic N) is 1. The van der Waals surface area contributed by atoms with Crippen molar-refractivity contribution in [1.82, 2.24) is 4.90 Å². The van der Waals surface area contributed by atoms with Gasteiger partial charge in [-0.25, -0.2) is 4.79 Å². The van der Waals surface area contributed by atoms with Crippen molar-refractivity contribution in [3.63, 3.8) is 0 Å². The molecule has 23 heavy (non-hydrogen) atoms. The number of rotatable bonds is 4. The van der Waals surface area contributed by atoms with Crippen molar-refractivity contribution in [3.05, 3.63) is 69.7 Å². The van der Waals surface area contributed by atoms with E-state index in [1.807, 2.05) is 30.3 Å². The molecule has 0 spiro atoms. The predicted molar refractivity (Wildman–Crippen MR) is 94.3 cm³/mol. The molecule has 0 N–H and O–H groups in total. The fourth-order valence-electron chi connectivity index (χ4n) is 2.86. The lowest BCUT2D eigenvalue weighted by molar-refractivity contribution is 0.0496. The Morgan fingerprint density at radius 3 is 2.65 bits per heavy atom. The van der Waals surface area contributed by atoms with Gasteiger partial charge < -0.3 is 9.64 Å². The second-order valence-corrected chi connectivity index (χ2v) is 7.00. The Bertz CT molecular complexity index is 681. The Labute approximate surface area is 145 Å². The van der Waals surface area contributed by atoms with E-state index in [1.54, 1.807) is 4.90 Å². The second-order valence-electron chi connectivity index (χ2n) is 6.09. The maximum atomic E-state index is 12.0. The van der Waals surface area contributed by atoms with Gasteiger partial charge in [-0.05, 0) is 48.1 Å². The number of benzene rings is 2. The van der Waals surface area contributed by atoms with E-state index < -0.39 is 0 Å². The molecule has 3 nitrogen and oxygen atoms in total. The Kier molecular flexibility index (Phi) is 5.01. The number of hydrogen-bond acceptors (Lipinski definition) is 2. The van der Waals surface area contributed by atoms with Gasteiger partial charge in [0, 0.05) is 17.6 Å². The minimum atomic E-state index is -0.211. The Hall–Kier alpha value is -1.81. The molecular formula is C19H20BrNO2. The van der Waals surface area contributed by atoms with Gasteiger partial charge in [0.2, 0.25) is 0 Å². The number of amides is 1. The highest BCUT2D eigenvalue weighted by atomic mass is 79.9. The summed E-state index contributed by atoms with van der Waals surface area (Å²) >= 11 is 3.49. The van der Waals surface area contributed by atoms with Crippen LogP contribution in [-0.4, -0.2) is 24.1 Å². The zero-order valence-electron chi connectivity index (χ0n) is 13.2. The van der Waals surface area contributed by atoms with Gasteiger partial charge in [-0.1, -0.05) is 52.3 Å². The van der Waals surface area contributed by atoms with Crippen LogP contribution in [0.25, 0.3) is 0 Å². The first-order chi connectivity index (χ1) is 11.1. The van der Waals surface area contributed by atoms with Gasteiger partial charge >= 0.3 is 6.09 Å². The zero-order valence-corrected chi connectivity index (χ0v) is 14.8. The largest absolute Gasteiger partial charge is 0.445 e. The maximum absolute atomic E-state index is 12.0. The van der Waals surface area contributed by atoms with Crippen LogP contribution in [0.1, 0.15) is 16.7 Å². The number of carbonyl (C=O) groups excluding carboxylic acids is 1. The van der Waals surface area contributed by atoms with Gasteiger partial charge in [-0.15, -0.1) is 0 Å². The molecule has 1 heterocycles. The third kappa shape index (κ3) is 4.14. The average molecular weight is 374 g/mol. The molecule has 0 bridgehead atoms. The molecule has 1 amide bonds. The molecule has 1 aliphatic rings. The van der Waals surface area contributed by atoms with E-state index in [0.717, 1.165) is 29.5 Å². The molecular weight excluding hydrogens is 354 g/mol. The van der Waals surface area contributed by atoms with E-state index in [4.69, 9.17) is 4.74 Å². The molecule has 120 valence electrons. The topological polar surface area (TPSA) is 29.5 Å². The third-order valence-electron chi connectivity index (χ3n) is 4.23. The van der Waals surface area contributed by atoms with Gasteiger partial charge in [-0.2, -0.15) is 0 Å². The predicted octanol–water partition coefficient (Wildman–Crippen LogP) is 4.57.